The van der Waals surface area contributed by atoms with Crippen LogP contribution in [0.2, 0.25) is 0 Å². The minimum absolute atomic E-state index is 0.416. The average molecular weight is 216 g/mol. The molecule has 92 valence electrons. The van der Waals surface area contributed by atoms with E-state index in [1.54, 1.807) is 0 Å². The molecule has 0 radical (unpaired) electrons. The molecule has 0 aliphatic rings. The summed E-state index contributed by atoms with van der Waals surface area (Å²) in [6.07, 6.45) is 5.28. The summed E-state index contributed by atoms with van der Waals surface area (Å²) in [5, 5.41) is 6.35. The summed E-state index contributed by atoms with van der Waals surface area (Å²) >= 11 is 0. The average Bonchev–Trinajstić information content (AvgIpc) is 2.28. The van der Waals surface area contributed by atoms with Crippen LogP contribution in [-0.2, 0) is 4.74 Å². The van der Waals surface area contributed by atoms with Crippen molar-refractivity contribution in [2.24, 2.45) is 0 Å². The lowest BCUT2D eigenvalue weighted by Crippen LogP contribution is -2.27. The van der Waals surface area contributed by atoms with Crippen LogP contribution in [0.15, 0.2) is 0 Å². The first-order valence-corrected chi connectivity index (χ1v) is 6.23. The standard InChI is InChI=1S/C12H28N2O/c1-5-11(7-9-13-3)15-12(6-2)8-10-14-4/h11-14H,5-10H2,1-4H3. The Kier molecular flexibility index (Phi) is 10.3. The van der Waals surface area contributed by atoms with E-state index in [1.807, 2.05) is 14.1 Å². The largest absolute Gasteiger partial charge is 0.375 e. The van der Waals surface area contributed by atoms with E-state index in [4.69, 9.17) is 4.74 Å². The summed E-state index contributed by atoms with van der Waals surface area (Å²) in [5.41, 5.74) is 0. The molecule has 0 bridgehead atoms. The van der Waals surface area contributed by atoms with Crippen LogP contribution in [0.3, 0.4) is 0 Å². The maximum atomic E-state index is 6.07. The molecule has 0 aliphatic carbocycles. The molecule has 0 aliphatic heterocycles. The summed E-state index contributed by atoms with van der Waals surface area (Å²) in [6.45, 7) is 6.48. The second-order valence-corrected chi connectivity index (χ2v) is 3.98. The van der Waals surface area contributed by atoms with Gasteiger partial charge in [-0.1, -0.05) is 13.8 Å². The van der Waals surface area contributed by atoms with Crippen LogP contribution in [0.5, 0.6) is 0 Å². The van der Waals surface area contributed by atoms with E-state index in [0.29, 0.717) is 12.2 Å². The van der Waals surface area contributed by atoms with E-state index in [9.17, 15) is 0 Å². The summed E-state index contributed by atoms with van der Waals surface area (Å²) in [6, 6.07) is 0. The molecule has 2 atom stereocenters. The van der Waals surface area contributed by atoms with Crippen molar-refractivity contribution in [3.63, 3.8) is 0 Å². The lowest BCUT2D eigenvalue weighted by atomic mass is 10.1. The third kappa shape index (κ3) is 7.77. The molecule has 15 heavy (non-hydrogen) atoms. The van der Waals surface area contributed by atoms with Crippen LogP contribution in [0.25, 0.3) is 0 Å². The van der Waals surface area contributed by atoms with Gasteiger partial charge in [0.1, 0.15) is 0 Å². The van der Waals surface area contributed by atoms with Crippen molar-refractivity contribution in [3.05, 3.63) is 0 Å². The van der Waals surface area contributed by atoms with Gasteiger partial charge < -0.3 is 15.4 Å². The zero-order valence-corrected chi connectivity index (χ0v) is 10.8. The van der Waals surface area contributed by atoms with Gasteiger partial charge in [-0.3, -0.25) is 0 Å². The van der Waals surface area contributed by atoms with Crippen molar-refractivity contribution in [2.45, 2.75) is 51.7 Å². The molecular formula is C12H28N2O. The zero-order valence-electron chi connectivity index (χ0n) is 10.8. The molecular weight excluding hydrogens is 188 g/mol. The molecule has 0 aromatic heterocycles. The highest BCUT2D eigenvalue weighted by Gasteiger charge is 2.12. The summed E-state index contributed by atoms with van der Waals surface area (Å²) < 4.78 is 6.07. The van der Waals surface area contributed by atoms with Crippen LogP contribution in [0.4, 0.5) is 0 Å². The molecule has 0 saturated heterocycles. The van der Waals surface area contributed by atoms with Crippen LogP contribution < -0.4 is 10.6 Å². The molecule has 2 N–H and O–H groups in total. The predicted molar refractivity (Wildman–Crippen MR) is 66.3 cm³/mol. The minimum atomic E-state index is 0.416. The summed E-state index contributed by atoms with van der Waals surface area (Å²) in [7, 11) is 3.98. The quantitative estimate of drug-likeness (QED) is 0.584. The SMILES string of the molecule is CCC(CCNC)OC(CC)CCNC. The number of nitrogens with one attached hydrogen (secondary N) is 2. The third-order valence-corrected chi connectivity index (χ3v) is 2.73. The first-order chi connectivity index (χ1) is 7.28. The highest BCUT2D eigenvalue weighted by molar-refractivity contribution is 4.63. The second kappa shape index (κ2) is 10.4. The molecule has 0 amide bonds. The van der Waals surface area contributed by atoms with E-state index in [-0.39, 0.29) is 0 Å². The maximum Gasteiger partial charge on any atom is 0.0588 e. The van der Waals surface area contributed by atoms with Crippen molar-refractivity contribution in [1.29, 1.82) is 0 Å². The Morgan fingerprint density at radius 3 is 1.53 bits per heavy atom. The van der Waals surface area contributed by atoms with E-state index in [1.165, 1.54) is 0 Å². The maximum absolute atomic E-state index is 6.07. The van der Waals surface area contributed by atoms with Gasteiger partial charge in [0.05, 0.1) is 12.2 Å². The fourth-order valence-corrected chi connectivity index (χ4v) is 1.62. The molecule has 3 nitrogen and oxygen atoms in total. The van der Waals surface area contributed by atoms with E-state index in [0.717, 1.165) is 38.8 Å². The molecule has 0 aromatic rings. The lowest BCUT2D eigenvalue weighted by molar-refractivity contribution is -0.0225. The van der Waals surface area contributed by atoms with Crippen LogP contribution in [0.1, 0.15) is 39.5 Å². The van der Waals surface area contributed by atoms with Gasteiger partial charge in [0, 0.05) is 0 Å². The van der Waals surface area contributed by atoms with Crippen molar-refractivity contribution in [1.82, 2.24) is 10.6 Å². The number of rotatable bonds is 10. The van der Waals surface area contributed by atoms with Crippen LogP contribution >= 0.6 is 0 Å². The first kappa shape index (κ1) is 14.9. The molecule has 2 unspecified atom stereocenters. The van der Waals surface area contributed by atoms with Crippen molar-refractivity contribution >= 4 is 0 Å². The van der Waals surface area contributed by atoms with Gasteiger partial charge in [0.15, 0.2) is 0 Å². The Morgan fingerprint density at radius 1 is 0.867 bits per heavy atom. The molecule has 0 heterocycles. The first-order valence-electron chi connectivity index (χ1n) is 6.23. The molecule has 0 fully saturated rings. The Hall–Kier alpha value is -0.120. The fourth-order valence-electron chi connectivity index (χ4n) is 1.62. The van der Waals surface area contributed by atoms with Crippen molar-refractivity contribution < 1.29 is 4.74 Å². The number of hydrogen-bond acceptors (Lipinski definition) is 3. The predicted octanol–water partition coefficient (Wildman–Crippen LogP) is 1.78. The Morgan fingerprint density at radius 2 is 1.27 bits per heavy atom. The monoisotopic (exact) mass is 216 g/mol. The van der Waals surface area contributed by atoms with Crippen LogP contribution in [0, 0.1) is 0 Å². The van der Waals surface area contributed by atoms with Gasteiger partial charge in [0.2, 0.25) is 0 Å². The summed E-state index contributed by atoms with van der Waals surface area (Å²) in [4.78, 5) is 0. The molecule has 3 heteroatoms. The highest BCUT2D eigenvalue weighted by Crippen LogP contribution is 2.11. The van der Waals surface area contributed by atoms with E-state index >= 15 is 0 Å². The second-order valence-electron chi connectivity index (χ2n) is 3.98. The van der Waals surface area contributed by atoms with Crippen molar-refractivity contribution in [2.75, 3.05) is 27.2 Å². The van der Waals surface area contributed by atoms with Gasteiger partial charge in [-0.2, -0.15) is 0 Å². The summed E-state index contributed by atoms with van der Waals surface area (Å²) in [5.74, 6) is 0. The normalized spacial score (nSPS) is 15.2. The van der Waals surface area contributed by atoms with Crippen LogP contribution in [-0.4, -0.2) is 39.4 Å². The van der Waals surface area contributed by atoms with Gasteiger partial charge in [-0.15, -0.1) is 0 Å². The Labute approximate surface area is 95.0 Å². The fraction of sp³-hybridized carbons (Fsp3) is 1.00. The number of hydrogen-bond donors (Lipinski definition) is 2. The third-order valence-electron chi connectivity index (χ3n) is 2.73. The van der Waals surface area contributed by atoms with Crippen molar-refractivity contribution in [3.8, 4) is 0 Å². The molecule has 0 aromatic carbocycles. The topological polar surface area (TPSA) is 33.3 Å². The zero-order chi connectivity index (χ0) is 11.5. The molecule has 0 rings (SSSR count). The number of ether oxygens (including phenoxy) is 1. The van der Waals surface area contributed by atoms with E-state index in [2.05, 4.69) is 24.5 Å². The molecule has 0 saturated carbocycles. The van der Waals surface area contributed by atoms with Gasteiger partial charge >= 0.3 is 0 Å². The van der Waals surface area contributed by atoms with Gasteiger partial charge in [-0.05, 0) is 52.9 Å². The highest BCUT2D eigenvalue weighted by atomic mass is 16.5. The van der Waals surface area contributed by atoms with Gasteiger partial charge in [-0.25, -0.2) is 0 Å². The Bertz CT molecular complexity index is 117. The lowest BCUT2D eigenvalue weighted by Gasteiger charge is -2.23. The van der Waals surface area contributed by atoms with Gasteiger partial charge in [0.25, 0.3) is 0 Å². The minimum Gasteiger partial charge on any atom is -0.375 e. The smallest absolute Gasteiger partial charge is 0.0588 e. The van der Waals surface area contributed by atoms with E-state index < -0.39 is 0 Å². The molecule has 0 spiro atoms. The Balaban J connectivity index is 3.77.